The highest BCUT2D eigenvalue weighted by Gasteiger charge is 2.34. The van der Waals surface area contributed by atoms with Crippen LogP contribution in [0.25, 0.3) is 0 Å². The number of rotatable bonds is 9. The van der Waals surface area contributed by atoms with Gasteiger partial charge in [-0.25, -0.2) is 0 Å². The summed E-state index contributed by atoms with van der Waals surface area (Å²) < 4.78 is 16.5. The number of ketones is 1. The number of nitrogens with one attached hydrogen (secondary N) is 1. The number of carbonyl (C=O) groups is 1. The molecule has 1 fully saturated rings. The monoisotopic (exact) mass is 570 g/mol. The molecule has 3 aromatic rings. The summed E-state index contributed by atoms with van der Waals surface area (Å²) in [6.45, 7) is 7.08. The van der Waals surface area contributed by atoms with Crippen LogP contribution in [0.4, 0.5) is 5.69 Å². The first-order valence-corrected chi connectivity index (χ1v) is 15.6. The van der Waals surface area contributed by atoms with Crippen molar-refractivity contribution in [3.05, 3.63) is 82.9 Å². The highest BCUT2D eigenvalue weighted by Crippen LogP contribution is 2.40. The molecule has 6 heteroatoms. The number of carbonyl (C=O) groups excluding carboxylic acids is 1. The second-order valence-corrected chi connectivity index (χ2v) is 11.8. The van der Waals surface area contributed by atoms with Gasteiger partial charge in [-0.05, 0) is 111 Å². The standard InChI is InChI=1S/C26H33NO3.C10H13NO/c1-3-13-30-25-17-23-21(16-24(25)29-2)15-22(26(23)28)14-19-9-11-27(12-10-19)18-20-7-5-4-6-8-20;1-12-9-4-5-10-8(7-9)3-2-6-11-10/h4-8,16-17,19,22H,3,9-15,18H2,1-2H3;4-5,7,11H,2-3,6H2,1H3. The first kappa shape index (κ1) is 30.0. The SMILES string of the molecule is CCCOc1cc2c(cc1OC)CC(CC1CCN(Cc3ccccc3)CC1)C2=O.COc1ccc2c(c1)CCCN2. The molecule has 6 rings (SSSR count). The van der Waals surface area contributed by atoms with E-state index in [1.54, 1.807) is 14.2 Å². The van der Waals surface area contributed by atoms with E-state index < -0.39 is 0 Å². The number of piperidine rings is 1. The van der Waals surface area contributed by atoms with Crippen LogP contribution in [0.3, 0.4) is 0 Å². The van der Waals surface area contributed by atoms with Crippen molar-refractivity contribution < 1.29 is 19.0 Å². The normalized spacial score (nSPS) is 18.3. The fourth-order valence-corrected chi connectivity index (χ4v) is 6.46. The number of nitrogens with zero attached hydrogens (tertiary/aromatic N) is 1. The van der Waals surface area contributed by atoms with Crippen molar-refractivity contribution in [3.8, 4) is 17.2 Å². The minimum Gasteiger partial charge on any atom is -0.497 e. The smallest absolute Gasteiger partial charge is 0.166 e. The minimum atomic E-state index is 0.108. The minimum absolute atomic E-state index is 0.108. The van der Waals surface area contributed by atoms with E-state index in [0.717, 1.165) is 68.1 Å². The number of fused-ring (bicyclic) bond motifs is 2. The van der Waals surface area contributed by atoms with Gasteiger partial charge in [-0.15, -0.1) is 0 Å². The summed E-state index contributed by atoms with van der Waals surface area (Å²) in [4.78, 5) is 15.6. The molecule has 42 heavy (non-hydrogen) atoms. The summed E-state index contributed by atoms with van der Waals surface area (Å²) in [5.74, 6) is 3.43. The number of hydrogen-bond donors (Lipinski definition) is 1. The van der Waals surface area contributed by atoms with E-state index in [-0.39, 0.29) is 5.92 Å². The first-order chi connectivity index (χ1) is 20.6. The number of benzene rings is 3. The zero-order valence-electron chi connectivity index (χ0n) is 25.5. The summed E-state index contributed by atoms with van der Waals surface area (Å²) in [7, 11) is 3.37. The molecule has 1 saturated heterocycles. The molecule has 3 aromatic carbocycles. The van der Waals surface area contributed by atoms with Gasteiger partial charge in [0.25, 0.3) is 0 Å². The molecule has 1 unspecified atom stereocenters. The van der Waals surface area contributed by atoms with E-state index in [1.807, 2.05) is 18.2 Å². The lowest BCUT2D eigenvalue weighted by Gasteiger charge is -2.32. The van der Waals surface area contributed by atoms with Crippen LogP contribution in [-0.4, -0.2) is 51.1 Å². The van der Waals surface area contributed by atoms with Crippen molar-refractivity contribution >= 4 is 11.5 Å². The molecule has 0 spiro atoms. The summed E-state index contributed by atoms with van der Waals surface area (Å²) >= 11 is 0. The lowest BCUT2D eigenvalue weighted by Crippen LogP contribution is -2.34. The largest absolute Gasteiger partial charge is 0.497 e. The van der Waals surface area contributed by atoms with Crippen LogP contribution in [0, 0.1) is 11.8 Å². The van der Waals surface area contributed by atoms with Crippen LogP contribution in [0.5, 0.6) is 17.2 Å². The van der Waals surface area contributed by atoms with Crippen LogP contribution in [0.2, 0.25) is 0 Å². The quantitative estimate of drug-likeness (QED) is 0.294. The van der Waals surface area contributed by atoms with E-state index in [2.05, 4.69) is 59.6 Å². The molecule has 3 aliphatic rings. The van der Waals surface area contributed by atoms with Gasteiger partial charge in [0.15, 0.2) is 17.3 Å². The van der Waals surface area contributed by atoms with Gasteiger partial charge in [0, 0.05) is 30.3 Å². The average Bonchev–Trinajstić information content (AvgIpc) is 3.34. The molecule has 1 aliphatic carbocycles. The number of likely N-dealkylation sites (tertiary alicyclic amines) is 1. The molecule has 0 radical (unpaired) electrons. The molecule has 1 atom stereocenters. The predicted molar refractivity (Wildman–Crippen MR) is 169 cm³/mol. The molecule has 224 valence electrons. The molecule has 6 nitrogen and oxygen atoms in total. The fourth-order valence-electron chi connectivity index (χ4n) is 6.46. The average molecular weight is 571 g/mol. The van der Waals surface area contributed by atoms with Crippen molar-refractivity contribution in [2.24, 2.45) is 11.8 Å². The lowest BCUT2D eigenvalue weighted by molar-refractivity contribution is 0.0895. The molecule has 0 saturated carbocycles. The third-order valence-electron chi connectivity index (χ3n) is 8.78. The Bertz CT molecular complexity index is 1320. The third kappa shape index (κ3) is 7.46. The Morgan fingerprint density at radius 2 is 1.74 bits per heavy atom. The number of Topliss-reactive ketones (excluding diaryl/α,β-unsaturated/α-hetero) is 1. The topological polar surface area (TPSA) is 60.0 Å². The molecule has 1 N–H and O–H groups in total. The molecule has 0 aromatic heterocycles. The van der Waals surface area contributed by atoms with Gasteiger partial charge in [-0.2, -0.15) is 0 Å². The molecule has 0 amide bonds. The van der Waals surface area contributed by atoms with Crippen molar-refractivity contribution in [2.75, 3.05) is 45.8 Å². The Labute approximate surface area is 251 Å². The molecule has 2 heterocycles. The maximum absolute atomic E-state index is 13.1. The van der Waals surface area contributed by atoms with E-state index >= 15 is 0 Å². The molecule has 0 bridgehead atoms. The maximum atomic E-state index is 13.1. The number of anilines is 1. The van der Waals surface area contributed by atoms with Gasteiger partial charge in [0.1, 0.15) is 5.75 Å². The third-order valence-corrected chi connectivity index (χ3v) is 8.78. The Balaban J connectivity index is 0.000000244. The summed E-state index contributed by atoms with van der Waals surface area (Å²) in [5, 5.41) is 3.36. The Kier molecular flexibility index (Phi) is 10.4. The Hall–Kier alpha value is -3.51. The number of aryl methyl sites for hydroxylation is 1. The van der Waals surface area contributed by atoms with Crippen LogP contribution >= 0.6 is 0 Å². The number of ether oxygens (including phenoxy) is 3. The van der Waals surface area contributed by atoms with E-state index in [4.69, 9.17) is 14.2 Å². The zero-order valence-corrected chi connectivity index (χ0v) is 25.5. The molecular weight excluding hydrogens is 524 g/mol. The summed E-state index contributed by atoms with van der Waals surface area (Å²) in [5.41, 5.74) is 5.98. The predicted octanol–water partition coefficient (Wildman–Crippen LogP) is 7.19. The fraction of sp³-hybridized carbons (Fsp3) is 0.472. The van der Waals surface area contributed by atoms with Crippen molar-refractivity contribution in [1.29, 1.82) is 0 Å². The highest BCUT2D eigenvalue weighted by molar-refractivity contribution is 6.02. The van der Waals surface area contributed by atoms with E-state index in [0.29, 0.717) is 24.1 Å². The Morgan fingerprint density at radius 3 is 2.48 bits per heavy atom. The first-order valence-electron chi connectivity index (χ1n) is 15.6. The lowest BCUT2D eigenvalue weighted by atomic mass is 9.85. The van der Waals surface area contributed by atoms with E-state index in [9.17, 15) is 4.79 Å². The van der Waals surface area contributed by atoms with Gasteiger partial charge < -0.3 is 19.5 Å². The van der Waals surface area contributed by atoms with Crippen LogP contribution in [-0.2, 0) is 19.4 Å². The summed E-state index contributed by atoms with van der Waals surface area (Å²) in [6, 6.07) is 20.8. The van der Waals surface area contributed by atoms with Gasteiger partial charge in [-0.1, -0.05) is 37.3 Å². The second-order valence-electron chi connectivity index (χ2n) is 11.8. The molecule has 2 aliphatic heterocycles. The van der Waals surface area contributed by atoms with Crippen molar-refractivity contribution in [1.82, 2.24) is 4.90 Å². The second kappa shape index (κ2) is 14.6. The van der Waals surface area contributed by atoms with Crippen molar-refractivity contribution in [3.63, 3.8) is 0 Å². The zero-order chi connectivity index (χ0) is 29.3. The number of hydrogen-bond acceptors (Lipinski definition) is 6. The van der Waals surface area contributed by atoms with Gasteiger partial charge in [0.2, 0.25) is 0 Å². The summed E-state index contributed by atoms with van der Waals surface area (Å²) in [6.07, 6.45) is 7.52. The number of methoxy groups -OCH3 is 2. The molecular formula is C36H46N2O4. The van der Waals surface area contributed by atoms with Crippen LogP contribution in [0.15, 0.2) is 60.7 Å². The van der Waals surface area contributed by atoms with Crippen molar-refractivity contribution in [2.45, 2.75) is 58.4 Å². The van der Waals surface area contributed by atoms with Gasteiger partial charge >= 0.3 is 0 Å². The van der Waals surface area contributed by atoms with Gasteiger partial charge in [0.05, 0.1) is 20.8 Å². The maximum Gasteiger partial charge on any atom is 0.166 e. The van der Waals surface area contributed by atoms with Crippen LogP contribution in [0.1, 0.15) is 66.1 Å². The highest BCUT2D eigenvalue weighted by atomic mass is 16.5. The van der Waals surface area contributed by atoms with E-state index in [1.165, 1.54) is 42.5 Å². The van der Waals surface area contributed by atoms with Crippen LogP contribution < -0.4 is 19.5 Å². The van der Waals surface area contributed by atoms with Gasteiger partial charge in [-0.3, -0.25) is 9.69 Å². The Morgan fingerprint density at radius 1 is 0.929 bits per heavy atom.